The highest BCUT2D eigenvalue weighted by atomic mass is 16.2. The first-order valence-electron chi connectivity index (χ1n) is 14.2. The van der Waals surface area contributed by atoms with Gasteiger partial charge in [0.1, 0.15) is 5.82 Å². The van der Waals surface area contributed by atoms with Gasteiger partial charge in [0.2, 0.25) is 5.91 Å². The maximum Gasteiger partial charge on any atom is 0.276 e. The molecule has 39 heavy (non-hydrogen) atoms. The third-order valence-electron chi connectivity index (χ3n) is 7.83. The number of pyridine rings is 1. The summed E-state index contributed by atoms with van der Waals surface area (Å²) in [6, 6.07) is 6.80. The molecule has 3 fully saturated rings. The highest BCUT2D eigenvalue weighted by Gasteiger charge is 2.27. The second-order valence-corrected chi connectivity index (χ2v) is 11.1. The van der Waals surface area contributed by atoms with Crippen molar-refractivity contribution < 1.29 is 9.59 Å². The molecule has 3 aromatic heterocycles. The Morgan fingerprint density at radius 1 is 1.00 bits per heavy atom. The lowest BCUT2D eigenvalue weighted by Crippen LogP contribution is -2.42. The summed E-state index contributed by atoms with van der Waals surface area (Å²) in [7, 11) is 0. The third kappa shape index (κ3) is 6.30. The SMILES string of the molecule is Cc1cc(NC(=O)c2cnc3c(NC4CC4)cc(NC4CCC(NC(=O)C[C@@H]5CCCN5)CC4)nn23)ccn1. The summed E-state index contributed by atoms with van der Waals surface area (Å²) in [5.41, 5.74) is 3.37. The van der Waals surface area contributed by atoms with E-state index in [1.807, 2.05) is 19.1 Å². The predicted molar refractivity (Wildman–Crippen MR) is 150 cm³/mol. The van der Waals surface area contributed by atoms with Crippen molar-refractivity contribution in [1.29, 1.82) is 0 Å². The van der Waals surface area contributed by atoms with Crippen LogP contribution in [0, 0.1) is 6.92 Å². The summed E-state index contributed by atoms with van der Waals surface area (Å²) in [6.07, 6.45) is 12.0. The number of imidazole rings is 1. The lowest BCUT2D eigenvalue weighted by atomic mass is 9.91. The molecule has 11 heteroatoms. The Labute approximate surface area is 227 Å². The first-order chi connectivity index (χ1) is 19.0. The van der Waals surface area contributed by atoms with E-state index < -0.39 is 0 Å². The number of carbonyl (C=O) groups is 2. The van der Waals surface area contributed by atoms with Crippen LogP contribution in [0.1, 0.15) is 74.0 Å². The fourth-order valence-electron chi connectivity index (χ4n) is 5.60. The van der Waals surface area contributed by atoms with Crippen molar-refractivity contribution in [1.82, 2.24) is 30.2 Å². The highest BCUT2D eigenvalue weighted by Crippen LogP contribution is 2.30. The van der Waals surface area contributed by atoms with E-state index in [0.717, 1.165) is 69.3 Å². The second-order valence-electron chi connectivity index (χ2n) is 11.1. The van der Waals surface area contributed by atoms with Crippen molar-refractivity contribution in [2.75, 3.05) is 22.5 Å². The molecule has 3 aliphatic rings. The molecule has 4 heterocycles. The Bertz CT molecular complexity index is 1340. The van der Waals surface area contributed by atoms with Gasteiger partial charge in [-0.05, 0) is 77.0 Å². The lowest BCUT2D eigenvalue weighted by molar-refractivity contribution is -0.122. The quantitative estimate of drug-likeness (QED) is 0.284. The molecule has 0 radical (unpaired) electrons. The number of rotatable bonds is 9. The lowest BCUT2D eigenvalue weighted by Gasteiger charge is -2.30. The number of hydrogen-bond donors (Lipinski definition) is 5. The molecule has 11 nitrogen and oxygen atoms in total. The number of nitrogens with zero attached hydrogens (tertiary/aromatic N) is 4. The molecular weight excluding hydrogens is 494 g/mol. The molecule has 0 spiro atoms. The molecule has 1 saturated heterocycles. The Morgan fingerprint density at radius 3 is 2.51 bits per heavy atom. The molecule has 0 unspecified atom stereocenters. The first kappa shape index (κ1) is 25.5. The van der Waals surface area contributed by atoms with Gasteiger partial charge < -0.3 is 26.6 Å². The van der Waals surface area contributed by atoms with Gasteiger partial charge in [-0.1, -0.05) is 0 Å². The van der Waals surface area contributed by atoms with Crippen molar-refractivity contribution >= 4 is 34.7 Å². The van der Waals surface area contributed by atoms with Gasteiger partial charge in [-0.3, -0.25) is 14.6 Å². The van der Waals surface area contributed by atoms with Crippen molar-refractivity contribution in [2.45, 2.75) is 88.9 Å². The first-order valence-corrected chi connectivity index (χ1v) is 14.2. The largest absolute Gasteiger partial charge is 0.379 e. The zero-order chi connectivity index (χ0) is 26.8. The maximum atomic E-state index is 13.2. The summed E-state index contributed by atoms with van der Waals surface area (Å²) in [5.74, 6) is 0.581. The summed E-state index contributed by atoms with van der Waals surface area (Å²) in [5, 5.41) is 21.5. The molecule has 2 aliphatic carbocycles. The minimum atomic E-state index is -0.279. The number of aromatic nitrogens is 4. The minimum absolute atomic E-state index is 0.154. The van der Waals surface area contributed by atoms with Gasteiger partial charge in [0.15, 0.2) is 11.3 Å². The van der Waals surface area contributed by atoms with E-state index in [4.69, 9.17) is 5.10 Å². The molecule has 2 saturated carbocycles. The number of hydrogen-bond acceptors (Lipinski definition) is 8. The van der Waals surface area contributed by atoms with Crippen molar-refractivity contribution in [3.05, 3.63) is 42.0 Å². The number of fused-ring (bicyclic) bond motifs is 1. The maximum absolute atomic E-state index is 13.2. The van der Waals surface area contributed by atoms with Gasteiger partial charge in [-0.25, -0.2) is 9.50 Å². The van der Waals surface area contributed by atoms with Crippen LogP contribution in [0.4, 0.5) is 17.2 Å². The molecule has 206 valence electrons. The number of carbonyl (C=O) groups excluding carboxylic acids is 2. The summed E-state index contributed by atoms with van der Waals surface area (Å²) < 4.78 is 1.62. The highest BCUT2D eigenvalue weighted by molar-refractivity contribution is 6.03. The number of anilines is 3. The van der Waals surface area contributed by atoms with E-state index in [2.05, 4.69) is 36.6 Å². The van der Waals surface area contributed by atoms with E-state index >= 15 is 0 Å². The van der Waals surface area contributed by atoms with E-state index in [0.29, 0.717) is 41.4 Å². The summed E-state index contributed by atoms with van der Waals surface area (Å²) in [4.78, 5) is 34.4. The summed E-state index contributed by atoms with van der Waals surface area (Å²) >= 11 is 0. The number of nitrogens with one attached hydrogen (secondary N) is 5. The van der Waals surface area contributed by atoms with Gasteiger partial charge in [-0.15, -0.1) is 5.10 Å². The normalized spacial score (nSPS) is 22.9. The van der Waals surface area contributed by atoms with Crippen LogP contribution in [0.3, 0.4) is 0 Å². The van der Waals surface area contributed by atoms with Crippen LogP contribution in [-0.4, -0.2) is 62.1 Å². The standard InChI is InChI=1S/C28H37N9O2/c1-17-13-22(10-12-29-17)35-28(39)24-16-31-27-23(32-18-4-5-18)15-25(36-37(24)27)33-19-6-8-20(9-7-19)34-26(38)14-21-3-2-11-30-21/h10,12-13,15-16,18-21,30,32H,2-9,11,14H2,1H3,(H,33,36)(H,34,38)(H,29,35,39)/t19?,20?,21-/m0/s1. The van der Waals surface area contributed by atoms with Crippen LogP contribution >= 0.6 is 0 Å². The average Bonchev–Trinajstić information content (AvgIpc) is 3.38. The zero-order valence-corrected chi connectivity index (χ0v) is 22.4. The van der Waals surface area contributed by atoms with Gasteiger partial charge in [-0.2, -0.15) is 0 Å². The topological polar surface area (TPSA) is 137 Å². The van der Waals surface area contributed by atoms with Gasteiger partial charge in [0.25, 0.3) is 5.91 Å². The minimum Gasteiger partial charge on any atom is -0.379 e. The zero-order valence-electron chi connectivity index (χ0n) is 22.4. The fourth-order valence-corrected chi connectivity index (χ4v) is 5.60. The Hall–Kier alpha value is -3.73. The van der Waals surface area contributed by atoms with Crippen LogP contribution in [0.25, 0.3) is 5.65 Å². The Kier molecular flexibility index (Phi) is 7.32. The molecule has 5 N–H and O–H groups in total. The Morgan fingerprint density at radius 2 is 1.77 bits per heavy atom. The van der Waals surface area contributed by atoms with Crippen molar-refractivity contribution in [3.8, 4) is 0 Å². The molecular formula is C28H37N9O2. The number of amides is 2. The molecule has 1 aliphatic heterocycles. The fraction of sp³-hybridized carbons (Fsp3) is 0.536. The van der Waals surface area contributed by atoms with Crippen molar-refractivity contribution in [2.24, 2.45) is 0 Å². The van der Waals surface area contributed by atoms with Crippen LogP contribution in [-0.2, 0) is 4.79 Å². The Balaban J connectivity index is 1.13. The van der Waals surface area contributed by atoms with Gasteiger partial charge in [0, 0.05) is 54.2 Å². The molecule has 2 amide bonds. The molecule has 1 atom stereocenters. The summed E-state index contributed by atoms with van der Waals surface area (Å²) in [6.45, 7) is 2.90. The predicted octanol–water partition coefficient (Wildman–Crippen LogP) is 3.24. The van der Waals surface area contributed by atoms with E-state index in [-0.39, 0.29) is 23.9 Å². The van der Waals surface area contributed by atoms with Crippen molar-refractivity contribution in [3.63, 3.8) is 0 Å². The molecule has 0 bridgehead atoms. The van der Waals surface area contributed by atoms with E-state index in [1.165, 1.54) is 0 Å². The monoisotopic (exact) mass is 531 g/mol. The second kappa shape index (κ2) is 11.2. The van der Waals surface area contributed by atoms with Crippen LogP contribution in [0.2, 0.25) is 0 Å². The van der Waals surface area contributed by atoms with Crippen LogP contribution in [0.5, 0.6) is 0 Å². The van der Waals surface area contributed by atoms with E-state index in [9.17, 15) is 9.59 Å². The number of aryl methyl sites for hydroxylation is 1. The smallest absolute Gasteiger partial charge is 0.276 e. The van der Waals surface area contributed by atoms with Crippen LogP contribution in [0.15, 0.2) is 30.6 Å². The van der Waals surface area contributed by atoms with Gasteiger partial charge in [0.05, 0.1) is 11.9 Å². The molecule has 6 rings (SSSR count). The van der Waals surface area contributed by atoms with Crippen LogP contribution < -0.4 is 26.6 Å². The average molecular weight is 532 g/mol. The van der Waals surface area contributed by atoms with E-state index in [1.54, 1.807) is 23.0 Å². The molecule has 0 aromatic carbocycles. The third-order valence-corrected chi connectivity index (χ3v) is 7.83. The van der Waals surface area contributed by atoms with Gasteiger partial charge >= 0.3 is 0 Å². The molecule has 3 aromatic rings.